The van der Waals surface area contributed by atoms with Crippen LogP contribution in [0.3, 0.4) is 0 Å². The number of benzene rings is 3. The Hall–Kier alpha value is -2.97. The van der Waals surface area contributed by atoms with Crippen molar-refractivity contribution in [3.8, 4) is 11.5 Å². The zero-order valence-corrected chi connectivity index (χ0v) is 21.5. The molecule has 6 nitrogen and oxygen atoms in total. The largest absolute Gasteiger partial charge is 0.504 e. The highest BCUT2D eigenvalue weighted by Gasteiger charge is 2.33. The van der Waals surface area contributed by atoms with Crippen LogP contribution >= 0.6 is 11.6 Å². The maximum Gasteiger partial charge on any atom is 0.162 e. The minimum Gasteiger partial charge on any atom is -0.504 e. The minimum absolute atomic E-state index is 0.0414. The van der Waals surface area contributed by atoms with Gasteiger partial charge in [-0.2, -0.15) is 0 Å². The van der Waals surface area contributed by atoms with Crippen LogP contribution in [0.1, 0.15) is 47.2 Å². The van der Waals surface area contributed by atoms with Crippen molar-refractivity contribution in [1.82, 2.24) is 4.90 Å². The number of piperidine rings is 1. The molecular formula is C29H34ClFN2O4. The Morgan fingerprint density at radius 3 is 2.22 bits per heavy atom. The number of carbonyl (C=O) groups is 1. The number of aromatic hydroxyl groups is 2. The molecule has 4 rings (SSSR count). The van der Waals surface area contributed by atoms with Crippen LogP contribution in [-0.4, -0.2) is 52.2 Å². The Morgan fingerprint density at radius 2 is 1.62 bits per heavy atom. The predicted molar refractivity (Wildman–Crippen MR) is 144 cm³/mol. The lowest BCUT2D eigenvalue weighted by atomic mass is 9.84. The van der Waals surface area contributed by atoms with Crippen LogP contribution in [-0.2, 0) is 12.0 Å². The fraction of sp³-hybridized carbons (Fsp3) is 0.345. The number of nitrogens with two attached hydrogens (primary N) is 1. The van der Waals surface area contributed by atoms with Crippen molar-refractivity contribution in [2.75, 3.05) is 26.2 Å². The van der Waals surface area contributed by atoms with Gasteiger partial charge in [-0.1, -0.05) is 29.8 Å². The van der Waals surface area contributed by atoms with Crippen LogP contribution in [0.2, 0.25) is 5.02 Å². The van der Waals surface area contributed by atoms with Gasteiger partial charge in [-0.25, -0.2) is 4.39 Å². The molecule has 0 atom stereocenters. The molecule has 8 heteroatoms. The van der Waals surface area contributed by atoms with E-state index >= 15 is 0 Å². The Bertz CT molecular complexity index is 1150. The molecule has 0 aromatic heterocycles. The summed E-state index contributed by atoms with van der Waals surface area (Å²) in [4.78, 5) is 14.4. The second kappa shape index (κ2) is 13.5. The molecule has 3 aromatic rings. The van der Waals surface area contributed by atoms with Crippen molar-refractivity contribution in [3.63, 3.8) is 0 Å². The van der Waals surface area contributed by atoms with Gasteiger partial charge in [0.25, 0.3) is 0 Å². The van der Waals surface area contributed by atoms with E-state index in [4.69, 9.17) is 27.5 Å². The quantitative estimate of drug-likeness (QED) is 0.241. The molecule has 0 spiro atoms. The SMILES string of the molecule is NCCc1ccc(O)c(O)c1.O=C(CCCN1CCC(O)(c2ccc(Cl)cc2)CC1)c1ccc(F)cc1. The molecule has 0 unspecified atom stereocenters. The van der Waals surface area contributed by atoms with Crippen molar-refractivity contribution in [1.29, 1.82) is 0 Å². The Kier molecular flexibility index (Phi) is 10.5. The number of aliphatic hydroxyl groups is 1. The average molecular weight is 529 g/mol. The maximum atomic E-state index is 12.9. The van der Waals surface area contributed by atoms with E-state index < -0.39 is 5.60 Å². The van der Waals surface area contributed by atoms with Gasteiger partial charge in [0, 0.05) is 30.1 Å². The van der Waals surface area contributed by atoms with Crippen molar-refractivity contribution in [2.24, 2.45) is 5.73 Å². The van der Waals surface area contributed by atoms with Crippen molar-refractivity contribution in [3.05, 3.63) is 94.3 Å². The van der Waals surface area contributed by atoms with E-state index in [0.29, 0.717) is 42.8 Å². The molecule has 1 saturated heterocycles. The summed E-state index contributed by atoms with van der Waals surface area (Å²) >= 11 is 5.92. The fourth-order valence-electron chi connectivity index (χ4n) is 4.33. The zero-order chi connectivity index (χ0) is 26.8. The number of likely N-dealkylation sites (tertiary alicyclic amines) is 1. The average Bonchev–Trinajstić information content (AvgIpc) is 2.89. The first-order chi connectivity index (χ1) is 17.7. The maximum absolute atomic E-state index is 12.9. The van der Waals surface area contributed by atoms with Gasteiger partial charge in [0.1, 0.15) is 5.82 Å². The standard InChI is InChI=1S/C21H23ClFNO2.C8H11NO2/c22-18-7-5-17(6-8-18)21(26)11-14-24(15-12-21)13-1-2-20(25)16-3-9-19(23)10-4-16;9-4-3-6-1-2-7(10)8(11)5-6/h3-10,26H,1-2,11-15H2;1-2,5,10-11H,3-4,9H2. The molecule has 3 aromatic carbocycles. The highest BCUT2D eigenvalue weighted by atomic mass is 35.5. The molecule has 0 amide bonds. The molecule has 37 heavy (non-hydrogen) atoms. The second-order valence-corrected chi connectivity index (χ2v) is 9.71. The normalized spacial score (nSPS) is 15.0. The summed E-state index contributed by atoms with van der Waals surface area (Å²) in [6.45, 7) is 2.96. The number of phenols is 2. The number of Topliss-reactive ketones (excluding diaryl/α,β-unsaturated/α-hetero) is 1. The Balaban J connectivity index is 0.000000289. The van der Waals surface area contributed by atoms with Crippen LogP contribution in [0.4, 0.5) is 4.39 Å². The Labute approximate surface area is 222 Å². The summed E-state index contributed by atoms with van der Waals surface area (Å²) in [6.07, 6.45) is 3.26. The van der Waals surface area contributed by atoms with Crippen molar-refractivity contribution in [2.45, 2.75) is 37.7 Å². The van der Waals surface area contributed by atoms with Gasteiger partial charge in [-0.15, -0.1) is 0 Å². The fourth-order valence-corrected chi connectivity index (χ4v) is 4.46. The lowest BCUT2D eigenvalue weighted by Crippen LogP contribution is -2.42. The minimum atomic E-state index is -0.801. The van der Waals surface area contributed by atoms with Crippen LogP contribution in [0, 0.1) is 5.82 Å². The summed E-state index contributed by atoms with van der Waals surface area (Å²) in [5, 5.41) is 29.5. The molecule has 1 aliphatic heterocycles. The van der Waals surface area contributed by atoms with Crippen LogP contribution in [0.5, 0.6) is 11.5 Å². The van der Waals surface area contributed by atoms with Gasteiger partial charge >= 0.3 is 0 Å². The van der Waals surface area contributed by atoms with Gasteiger partial charge in [0.05, 0.1) is 5.60 Å². The zero-order valence-electron chi connectivity index (χ0n) is 20.7. The van der Waals surface area contributed by atoms with Crippen LogP contribution < -0.4 is 5.73 Å². The highest BCUT2D eigenvalue weighted by Crippen LogP contribution is 2.33. The van der Waals surface area contributed by atoms with Gasteiger partial charge in [-0.05, 0) is 98.4 Å². The van der Waals surface area contributed by atoms with E-state index in [1.807, 2.05) is 24.3 Å². The molecule has 1 aliphatic rings. The number of hydrogen-bond donors (Lipinski definition) is 4. The number of rotatable bonds is 8. The molecule has 0 radical (unpaired) electrons. The molecule has 5 N–H and O–H groups in total. The number of halogens is 2. The first-order valence-corrected chi connectivity index (χ1v) is 12.8. The second-order valence-electron chi connectivity index (χ2n) is 9.28. The third kappa shape index (κ3) is 8.54. The number of hydrogen-bond acceptors (Lipinski definition) is 6. The summed E-state index contributed by atoms with van der Waals surface area (Å²) in [5.41, 5.74) is 6.90. The van der Waals surface area contributed by atoms with Gasteiger partial charge in [0.15, 0.2) is 17.3 Å². The third-order valence-electron chi connectivity index (χ3n) is 6.58. The number of phenolic OH excluding ortho intramolecular Hbond substituents is 2. The first kappa shape index (κ1) is 28.6. The monoisotopic (exact) mass is 528 g/mol. The van der Waals surface area contributed by atoms with E-state index in [1.54, 1.807) is 6.07 Å². The molecule has 0 bridgehead atoms. The smallest absolute Gasteiger partial charge is 0.162 e. The topological polar surface area (TPSA) is 107 Å². The third-order valence-corrected chi connectivity index (χ3v) is 6.83. The van der Waals surface area contributed by atoms with Crippen molar-refractivity contribution < 1.29 is 24.5 Å². The summed E-state index contributed by atoms with van der Waals surface area (Å²) in [5.74, 6) is -0.468. The van der Waals surface area contributed by atoms with E-state index in [2.05, 4.69) is 4.90 Å². The van der Waals surface area contributed by atoms with E-state index in [0.717, 1.165) is 37.2 Å². The molecule has 1 heterocycles. The van der Waals surface area contributed by atoms with Gasteiger partial charge < -0.3 is 26.0 Å². The number of carbonyl (C=O) groups excluding carboxylic acids is 1. The molecular weight excluding hydrogens is 495 g/mol. The summed E-state index contributed by atoms with van der Waals surface area (Å²) in [6, 6.07) is 17.8. The van der Waals surface area contributed by atoms with Gasteiger partial charge in [0.2, 0.25) is 0 Å². The highest BCUT2D eigenvalue weighted by molar-refractivity contribution is 6.30. The number of ketones is 1. The summed E-state index contributed by atoms with van der Waals surface area (Å²) in [7, 11) is 0. The van der Waals surface area contributed by atoms with E-state index in [9.17, 15) is 14.3 Å². The lowest BCUT2D eigenvalue weighted by Gasteiger charge is -2.38. The van der Waals surface area contributed by atoms with Crippen molar-refractivity contribution >= 4 is 17.4 Å². The predicted octanol–water partition coefficient (Wildman–Crippen LogP) is 5.02. The molecule has 0 saturated carbocycles. The lowest BCUT2D eigenvalue weighted by molar-refractivity contribution is -0.0260. The molecule has 1 fully saturated rings. The molecule has 0 aliphatic carbocycles. The Morgan fingerprint density at radius 1 is 0.973 bits per heavy atom. The first-order valence-electron chi connectivity index (χ1n) is 12.4. The van der Waals surface area contributed by atoms with E-state index in [-0.39, 0.29) is 23.1 Å². The van der Waals surface area contributed by atoms with E-state index in [1.165, 1.54) is 36.4 Å². The number of nitrogens with zero attached hydrogens (tertiary/aromatic N) is 1. The van der Waals surface area contributed by atoms with Crippen LogP contribution in [0.15, 0.2) is 66.7 Å². The van der Waals surface area contributed by atoms with Crippen LogP contribution in [0.25, 0.3) is 0 Å². The van der Waals surface area contributed by atoms with Gasteiger partial charge in [-0.3, -0.25) is 4.79 Å². The molecule has 198 valence electrons. The summed E-state index contributed by atoms with van der Waals surface area (Å²) < 4.78 is 12.9.